The van der Waals surface area contributed by atoms with Gasteiger partial charge in [0, 0.05) is 113 Å². The van der Waals surface area contributed by atoms with Crippen LogP contribution in [0.5, 0.6) is 5.88 Å². The Bertz CT molecular complexity index is 4270. The molecule has 21 nitrogen and oxygen atoms in total. The smallest absolute Gasteiger partial charge is 0.310 e. The van der Waals surface area contributed by atoms with Crippen LogP contribution in [0.2, 0.25) is 0 Å². The molecule has 0 atom stereocenters. The fourth-order valence-electron chi connectivity index (χ4n) is 15.7. The van der Waals surface area contributed by atoms with Crippen molar-refractivity contribution in [2.45, 2.75) is 346 Å². The number of hydrogen-bond donors (Lipinski definition) is 5. The van der Waals surface area contributed by atoms with Gasteiger partial charge in [-0.05, 0) is 146 Å². The van der Waals surface area contributed by atoms with Crippen LogP contribution in [0.3, 0.4) is 0 Å². The van der Waals surface area contributed by atoms with Crippen molar-refractivity contribution in [3.05, 3.63) is 105 Å². The van der Waals surface area contributed by atoms with Gasteiger partial charge in [0.15, 0.2) is 0 Å². The first-order valence-electron chi connectivity index (χ1n) is 42.1. The molecular formula is C92H137N11O10. The molecule has 3 amide bonds. The summed E-state index contributed by atoms with van der Waals surface area (Å²) in [5.41, 5.74) is 11.4. The second kappa shape index (κ2) is 35.9. The number of amides is 3. The van der Waals surface area contributed by atoms with Gasteiger partial charge in [-0.2, -0.15) is 0 Å². The number of ether oxygens (including phenoxy) is 2. The number of carboxylic acid groups (broad SMARTS) is 2. The van der Waals surface area contributed by atoms with Crippen LogP contribution in [-0.2, 0) is 65.8 Å². The minimum atomic E-state index is -1.05. The van der Waals surface area contributed by atoms with Crippen LogP contribution in [0.15, 0.2) is 42.5 Å². The summed E-state index contributed by atoms with van der Waals surface area (Å²) in [7, 11) is 0. The highest BCUT2D eigenvalue weighted by molar-refractivity contribution is 5.99. The van der Waals surface area contributed by atoms with Crippen molar-refractivity contribution in [1.29, 1.82) is 0 Å². The van der Waals surface area contributed by atoms with Crippen molar-refractivity contribution in [2.75, 3.05) is 13.2 Å². The number of aromatic nitrogens is 8. The number of carbonyl (C=O) groups excluding carboxylic acids is 4. The largest absolute Gasteiger partial charge is 0.481 e. The summed E-state index contributed by atoms with van der Waals surface area (Å²) in [6.45, 7) is 51.7. The lowest BCUT2D eigenvalue weighted by molar-refractivity contribution is -0.147. The Morgan fingerprint density at radius 2 is 0.832 bits per heavy atom. The highest BCUT2D eigenvalue weighted by atomic mass is 16.5. The number of pyridine rings is 1. The van der Waals surface area contributed by atoms with Crippen LogP contribution in [0.25, 0.3) is 34.0 Å². The Hall–Kier alpha value is -8.23. The van der Waals surface area contributed by atoms with E-state index < -0.39 is 17.4 Å². The maximum atomic E-state index is 13.4. The number of aliphatic carboxylic acids is 2. The van der Waals surface area contributed by atoms with E-state index in [0.717, 1.165) is 99.5 Å². The maximum absolute atomic E-state index is 13.4. The van der Waals surface area contributed by atoms with Gasteiger partial charge in [-0.15, -0.1) is 0 Å². The zero-order chi connectivity index (χ0) is 83.3. The van der Waals surface area contributed by atoms with Crippen LogP contribution >= 0.6 is 0 Å². The normalized spacial score (nSPS) is 19.0. The molecule has 11 rings (SSSR count). The van der Waals surface area contributed by atoms with E-state index >= 15 is 0 Å². The lowest BCUT2D eigenvalue weighted by Crippen LogP contribution is -2.47. The van der Waals surface area contributed by atoms with Gasteiger partial charge in [-0.25, -0.2) is 24.9 Å². The predicted molar refractivity (Wildman–Crippen MR) is 448 cm³/mol. The van der Waals surface area contributed by atoms with Gasteiger partial charge >= 0.3 is 11.9 Å². The molecule has 21 heteroatoms. The van der Waals surface area contributed by atoms with Crippen molar-refractivity contribution in [3.8, 4) is 39.9 Å². The monoisotopic (exact) mass is 1560 g/mol. The van der Waals surface area contributed by atoms with E-state index in [1.807, 2.05) is 38.1 Å². The summed E-state index contributed by atoms with van der Waals surface area (Å²) >= 11 is 0. The summed E-state index contributed by atoms with van der Waals surface area (Å²) < 4.78 is 18.1. The van der Waals surface area contributed by atoms with Gasteiger partial charge in [-0.3, -0.25) is 28.8 Å². The van der Waals surface area contributed by atoms with Gasteiger partial charge in [0.05, 0.1) is 74.5 Å². The Kier molecular flexibility index (Phi) is 28.2. The van der Waals surface area contributed by atoms with Crippen LogP contribution in [0, 0.1) is 55.3 Å². The molecule has 0 saturated heterocycles. The summed E-state index contributed by atoms with van der Waals surface area (Å²) in [6.07, 6.45) is 20.9. The fraction of sp³-hybridized carbons (Fsp3) is 0.663. The molecule has 0 aromatic carbocycles. The number of carbonyl (C=O) groups is 6. The zero-order valence-electron chi connectivity index (χ0n) is 72.9. The van der Waals surface area contributed by atoms with E-state index in [9.17, 15) is 39.0 Å². The lowest BCUT2D eigenvalue weighted by atomic mass is 9.80. The summed E-state index contributed by atoms with van der Waals surface area (Å²) in [6, 6.07) is 14.2. The number of carboxylic acids is 2. The predicted octanol–water partition coefficient (Wildman–Crippen LogP) is 18.9. The van der Waals surface area contributed by atoms with Crippen LogP contribution in [-0.4, -0.2) is 116 Å². The first-order chi connectivity index (χ1) is 52.6. The van der Waals surface area contributed by atoms with Crippen LogP contribution in [0.4, 0.5) is 0 Å². The van der Waals surface area contributed by atoms with E-state index in [-0.39, 0.29) is 80.9 Å². The average Bonchev–Trinajstić information content (AvgIpc) is 1.67. The molecular weight excluding hydrogens is 1420 g/mol. The van der Waals surface area contributed by atoms with Crippen molar-refractivity contribution in [3.63, 3.8) is 0 Å². The molecule has 0 radical (unpaired) electrons. The third-order valence-electron chi connectivity index (χ3n) is 23.5. The fourth-order valence-corrected chi connectivity index (χ4v) is 15.7. The van der Waals surface area contributed by atoms with E-state index in [1.165, 1.54) is 96.3 Å². The second-order valence-corrected chi connectivity index (χ2v) is 40.6. The third kappa shape index (κ3) is 23.3. The lowest BCUT2D eigenvalue weighted by Gasteiger charge is -2.34. The van der Waals surface area contributed by atoms with Gasteiger partial charge in [-0.1, -0.05) is 182 Å². The summed E-state index contributed by atoms with van der Waals surface area (Å²) in [5, 5.41) is 27.8. The maximum Gasteiger partial charge on any atom is 0.310 e. The molecule has 0 bridgehead atoms. The number of hydrogen-bond acceptors (Lipinski definition) is 13. The Morgan fingerprint density at radius 1 is 0.460 bits per heavy atom. The number of rotatable bonds is 22. The van der Waals surface area contributed by atoms with E-state index in [0.29, 0.717) is 79.1 Å². The third-order valence-corrected chi connectivity index (χ3v) is 23.5. The Morgan fingerprint density at radius 3 is 1.19 bits per heavy atom. The van der Waals surface area contributed by atoms with Crippen molar-refractivity contribution in [2.24, 2.45) is 34.5 Å². The SMILES string of the molecule is Cc1c(C(=O)NC2CC(C(=O)O)C2)cc(-c2cc(OCC(C)(C)C)nc(C(C)(C)C)c2)n1CC1CCCCC1.Cc1c(C(=O)NC2CC(OC=O)C2)cc(-c2cc(C(C)(C)C)nc(C(C)(C)C)n2)n1CC1CCCCC1.Cc1c(C(=O)NCC(C)(C)C(=O)O)cc(-c2cc(C(C)(C)C)nc(C(C)(C)C)n2)n1CC1CCCCC1. The zero-order valence-corrected chi connectivity index (χ0v) is 72.9. The molecule has 5 saturated carbocycles. The second-order valence-electron chi connectivity index (χ2n) is 40.6. The minimum Gasteiger partial charge on any atom is -0.481 e. The molecule has 6 heterocycles. The van der Waals surface area contributed by atoms with Crippen molar-refractivity contribution in [1.82, 2.24) is 54.6 Å². The number of nitrogens with zero attached hydrogens (tertiary/aromatic N) is 8. The molecule has 6 aromatic heterocycles. The molecule has 5 N–H and O–H groups in total. The van der Waals surface area contributed by atoms with E-state index in [2.05, 4.69) is 179 Å². The van der Waals surface area contributed by atoms with E-state index in [4.69, 9.17) is 34.4 Å². The van der Waals surface area contributed by atoms with Gasteiger partial charge in [0.2, 0.25) is 5.88 Å². The topological polar surface area (TPSA) is 277 Å². The molecule has 5 aliphatic carbocycles. The Balaban J connectivity index is 0.000000194. The van der Waals surface area contributed by atoms with Crippen molar-refractivity contribution >= 4 is 36.1 Å². The van der Waals surface area contributed by atoms with Crippen LogP contribution < -0.4 is 20.7 Å². The van der Waals surface area contributed by atoms with Gasteiger partial charge in [0.25, 0.3) is 24.2 Å². The molecule has 0 aliphatic heterocycles. The highest BCUT2D eigenvalue weighted by Crippen LogP contribution is 2.40. The first-order valence-corrected chi connectivity index (χ1v) is 42.1. The van der Waals surface area contributed by atoms with Gasteiger partial charge < -0.3 is 49.3 Å². The molecule has 0 spiro atoms. The molecule has 113 heavy (non-hydrogen) atoms. The average molecular weight is 1560 g/mol. The standard InChI is InChI=1S/C32H47N3O4.C30H44N4O3.C30H46N4O3/c1-20-25(29(36)33-24-13-23(14-24)30(37)38)17-26(35(20)18-21-11-9-8-10-12-21)22-15-27(32(5,6)7)34-28(16-22)39-19-31(2,3)4;1-19-23(27(36)31-21-13-22(14-21)37-18-35)15-25(34(19)17-20-11-9-8-10-12-20)24-16-26(29(2,3)4)33-28(32-24)30(5,6)7;1-19-21(25(35)31-18-30(8,9)27(36)37)15-23(34(19)17-20-13-11-10-12-14-20)22-16-24(28(2,3)4)33-26(32-22)29(5,6)7/h15-17,21,23-24H,8-14,18-19H2,1-7H3,(H,33,36)(H,37,38);15-16,18,20-22H,8-14,17H2,1-7H3,(H,31,36);15-16,20H,10-14,17-18H2,1-9H3,(H,31,35)(H,36,37). The molecule has 5 aliphatic rings. The Labute approximate surface area is 674 Å². The quantitative estimate of drug-likeness (QED) is 0.0395. The molecule has 620 valence electrons. The summed E-state index contributed by atoms with van der Waals surface area (Å²) in [5.74, 6) is 1.43. The molecule has 6 aromatic rings. The summed E-state index contributed by atoms with van der Waals surface area (Å²) in [4.78, 5) is 98.4. The molecule has 0 unspecified atom stereocenters. The highest BCUT2D eigenvalue weighted by Gasteiger charge is 2.39. The van der Waals surface area contributed by atoms with Crippen molar-refractivity contribution < 1.29 is 48.5 Å². The van der Waals surface area contributed by atoms with Gasteiger partial charge in [0.1, 0.15) is 17.8 Å². The van der Waals surface area contributed by atoms with Crippen LogP contribution in [0.1, 0.15) is 337 Å². The number of nitrogens with one attached hydrogen (secondary N) is 3. The molecule has 5 fully saturated rings. The van der Waals surface area contributed by atoms with E-state index in [1.54, 1.807) is 13.8 Å². The first kappa shape index (κ1) is 88.7. The minimum absolute atomic E-state index is 0.00377.